The van der Waals surface area contributed by atoms with E-state index in [0.29, 0.717) is 35.8 Å². The summed E-state index contributed by atoms with van der Waals surface area (Å²) >= 11 is 0. The van der Waals surface area contributed by atoms with E-state index in [1.165, 1.54) is 0 Å². The van der Waals surface area contributed by atoms with Gasteiger partial charge in [0, 0.05) is 25.7 Å². The molecule has 1 aromatic carbocycles. The Kier molecular flexibility index (Phi) is 4.95. The molecule has 2 aromatic heterocycles. The van der Waals surface area contributed by atoms with Crippen LogP contribution < -0.4 is 4.74 Å². The van der Waals surface area contributed by atoms with Crippen LogP contribution in [0, 0.1) is 13.8 Å². The Balaban J connectivity index is 1.69. The predicted octanol–water partition coefficient (Wildman–Crippen LogP) is 2.50. The number of ether oxygens (including phenoxy) is 1. The Morgan fingerprint density at radius 1 is 1.10 bits per heavy atom. The summed E-state index contributed by atoms with van der Waals surface area (Å²) in [5.74, 6) is 0.762. The first-order valence-corrected chi connectivity index (χ1v) is 11.0. The number of benzene rings is 1. The van der Waals surface area contributed by atoms with Crippen LogP contribution in [0.25, 0.3) is 11.3 Å². The molecule has 3 heterocycles. The van der Waals surface area contributed by atoms with Gasteiger partial charge in [0.25, 0.3) is 0 Å². The molecule has 0 saturated carbocycles. The Morgan fingerprint density at radius 3 is 2.59 bits per heavy atom. The van der Waals surface area contributed by atoms with Gasteiger partial charge in [-0.2, -0.15) is 14.5 Å². The minimum absolute atomic E-state index is 0.285. The molecule has 0 atom stereocenters. The maximum absolute atomic E-state index is 13.4. The number of aryl methyl sites for hydroxylation is 3. The van der Waals surface area contributed by atoms with E-state index in [1.54, 1.807) is 37.0 Å². The quantitative estimate of drug-likeness (QED) is 0.654. The van der Waals surface area contributed by atoms with E-state index in [-0.39, 0.29) is 6.54 Å². The van der Waals surface area contributed by atoms with Crippen LogP contribution in [-0.4, -0.2) is 45.9 Å². The highest BCUT2D eigenvalue weighted by Gasteiger charge is 2.32. The Morgan fingerprint density at radius 2 is 1.90 bits per heavy atom. The van der Waals surface area contributed by atoms with Crippen LogP contribution in [0.3, 0.4) is 0 Å². The highest BCUT2D eigenvalue weighted by atomic mass is 32.2. The van der Waals surface area contributed by atoms with Gasteiger partial charge in [-0.25, -0.2) is 8.42 Å². The molecule has 0 saturated heterocycles. The number of aromatic nitrogens is 4. The molecule has 4 rings (SSSR count). The van der Waals surface area contributed by atoms with Crippen LogP contribution in [0.1, 0.15) is 23.5 Å². The molecule has 9 heteroatoms. The third-order valence-electron chi connectivity index (χ3n) is 5.39. The zero-order chi connectivity index (χ0) is 20.8. The highest BCUT2D eigenvalue weighted by molar-refractivity contribution is 7.89. The normalized spacial score (nSPS) is 15.2. The maximum Gasteiger partial charge on any atom is 0.247 e. The van der Waals surface area contributed by atoms with Crippen molar-refractivity contribution in [3.05, 3.63) is 47.4 Å². The summed E-state index contributed by atoms with van der Waals surface area (Å²) in [6.07, 6.45) is 0.698. The summed E-state index contributed by atoms with van der Waals surface area (Å²) in [6, 6.07) is 9.67. The van der Waals surface area contributed by atoms with Gasteiger partial charge in [0.1, 0.15) is 10.6 Å². The molecule has 0 radical (unpaired) electrons. The van der Waals surface area contributed by atoms with Crippen LogP contribution in [0.2, 0.25) is 0 Å². The van der Waals surface area contributed by atoms with Crippen molar-refractivity contribution in [3.8, 4) is 17.0 Å². The van der Waals surface area contributed by atoms with E-state index in [9.17, 15) is 8.42 Å². The lowest BCUT2D eigenvalue weighted by atomic mass is 10.1. The standard InChI is InChI=1S/C20H25N5O3S/c1-14-20(15(2)23(3)21-14)29(26,27)24-9-6-10-25-17(13-24)12-19(22-25)16-7-5-8-18(11-16)28-4/h5,7-8,11-12H,6,9-10,13H2,1-4H3. The SMILES string of the molecule is COc1cccc(-c2cc3n(n2)CCCN(S(=O)(=O)c2c(C)nn(C)c2C)C3)c1. The number of nitrogens with zero attached hydrogens (tertiary/aromatic N) is 5. The molecule has 0 amide bonds. The smallest absolute Gasteiger partial charge is 0.247 e. The van der Waals surface area contributed by atoms with Crippen molar-refractivity contribution in [2.45, 2.75) is 38.3 Å². The summed E-state index contributed by atoms with van der Waals surface area (Å²) in [4.78, 5) is 0.306. The van der Waals surface area contributed by atoms with Crippen molar-refractivity contribution in [3.63, 3.8) is 0 Å². The third kappa shape index (κ3) is 3.44. The average Bonchev–Trinajstić information content (AvgIpc) is 3.13. The van der Waals surface area contributed by atoms with E-state index in [1.807, 2.05) is 35.0 Å². The second-order valence-electron chi connectivity index (χ2n) is 7.29. The Bertz CT molecular complexity index is 1160. The molecule has 0 unspecified atom stereocenters. The molecule has 154 valence electrons. The molecule has 29 heavy (non-hydrogen) atoms. The Labute approximate surface area is 170 Å². The van der Waals surface area contributed by atoms with Crippen molar-refractivity contribution in [2.24, 2.45) is 7.05 Å². The molecule has 3 aromatic rings. The zero-order valence-corrected chi connectivity index (χ0v) is 17.9. The maximum atomic E-state index is 13.4. The lowest BCUT2D eigenvalue weighted by Gasteiger charge is -2.19. The van der Waals surface area contributed by atoms with E-state index in [4.69, 9.17) is 9.84 Å². The molecule has 0 bridgehead atoms. The molecule has 1 aliphatic rings. The summed E-state index contributed by atoms with van der Waals surface area (Å²) in [7, 11) is -0.251. The van der Waals surface area contributed by atoms with Crippen molar-refractivity contribution in [2.75, 3.05) is 13.7 Å². The molecule has 0 spiro atoms. The summed E-state index contributed by atoms with van der Waals surface area (Å²) in [5.41, 5.74) is 3.81. The van der Waals surface area contributed by atoms with Gasteiger partial charge >= 0.3 is 0 Å². The van der Waals surface area contributed by atoms with Crippen LogP contribution >= 0.6 is 0 Å². The zero-order valence-electron chi connectivity index (χ0n) is 17.1. The van der Waals surface area contributed by atoms with Gasteiger partial charge in [-0.1, -0.05) is 12.1 Å². The van der Waals surface area contributed by atoms with Gasteiger partial charge in [0.2, 0.25) is 10.0 Å². The Hall–Kier alpha value is -2.65. The molecule has 0 N–H and O–H groups in total. The van der Waals surface area contributed by atoms with Gasteiger partial charge < -0.3 is 4.74 Å². The fraction of sp³-hybridized carbons (Fsp3) is 0.400. The lowest BCUT2D eigenvalue weighted by Crippen LogP contribution is -2.31. The molecular formula is C20H25N5O3S. The van der Waals surface area contributed by atoms with E-state index < -0.39 is 10.0 Å². The minimum atomic E-state index is -3.65. The van der Waals surface area contributed by atoms with Crippen molar-refractivity contribution in [1.29, 1.82) is 0 Å². The van der Waals surface area contributed by atoms with E-state index in [2.05, 4.69) is 5.10 Å². The van der Waals surface area contributed by atoms with E-state index >= 15 is 0 Å². The minimum Gasteiger partial charge on any atom is -0.497 e. The fourth-order valence-corrected chi connectivity index (χ4v) is 5.67. The number of sulfonamides is 1. The monoisotopic (exact) mass is 415 g/mol. The van der Waals surface area contributed by atoms with Gasteiger partial charge in [-0.05, 0) is 38.5 Å². The van der Waals surface area contributed by atoms with Crippen molar-refractivity contribution < 1.29 is 13.2 Å². The van der Waals surface area contributed by atoms with Gasteiger partial charge in [-0.3, -0.25) is 9.36 Å². The second kappa shape index (κ2) is 7.31. The largest absolute Gasteiger partial charge is 0.497 e. The number of hydrogen-bond acceptors (Lipinski definition) is 5. The molecule has 1 aliphatic heterocycles. The van der Waals surface area contributed by atoms with Gasteiger partial charge in [-0.15, -0.1) is 0 Å². The number of hydrogen-bond donors (Lipinski definition) is 0. The van der Waals surface area contributed by atoms with Crippen LogP contribution in [-0.2, 0) is 30.2 Å². The van der Waals surface area contributed by atoms with Crippen molar-refractivity contribution in [1.82, 2.24) is 23.9 Å². The number of rotatable bonds is 4. The average molecular weight is 416 g/mol. The van der Waals surface area contributed by atoms with Gasteiger partial charge in [0.15, 0.2) is 0 Å². The topological polar surface area (TPSA) is 82.2 Å². The van der Waals surface area contributed by atoms with Crippen LogP contribution in [0.15, 0.2) is 35.2 Å². The molecular weight excluding hydrogens is 390 g/mol. The summed E-state index contributed by atoms with van der Waals surface area (Å²) in [6.45, 7) is 4.94. The predicted molar refractivity (Wildman–Crippen MR) is 109 cm³/mol. The first-order valence-electron chi connectivity index (χ1n) is 9.52. The van der Waals surface area contributed by atoms with Gasteiger partial charge in [0.05, 0.1) is 36.4 Å². The molecule has 8 nitrogen and oxygen atoms in total. The highest BCUT2D eigenvalue weighted by Crippen LogP contribution is 2.29. The second-order valence-corrected chi connectivity index (χ2v) is 9.17. The summed E-state index contributed by atoms with van der Waals surface area (Å²) < 4.78 is 37.2. The third-order valence-corrected chi connectivity index (χ3v) is 7.48. The summed E-state index contributed by atoms with van der Waals surface area (Å²) in [5, 5.41) is 8.99. The van der Waals surface area contributed by atoms with Crippen molar-refractivity contribution >= 4 is 10.0 Å². The van der Waals surface area contributed by atoms with Crippen LogP contribution in [0.4, 0.5) is 0 Å². The first-order chi connectivity index (χ1) is 13.8. The molecule has 0 fully saturated rings. The van der Waals surface area contributed by atoms with Crippen LogP contribution in [0.5, 0.6) is 5.75 Å². The lowest BCUT2D eigenvalue weighted by molar-refractivity contribution is 0.409. The number of methoxy groups -OCH3 is 1. The number of fused-ring (bicyclic) bond motifs is 1. The molecule has 0 aliphatic carbocycles. The van der Waals surface area contributed by atoms with E-state index in [0.717, 1.165) is 22.7 Å². The first kappa shape index (κ1) is 19.7. The fourth-order valence-electron chi connectivity index (χ4n) is 3.82.